The molecule has 0 N–H and O–H groups in total. The third-order valence-electron chi connectivity index (χ3n) is 4.32. The Hall–Kier alpha value is -0.900. The van der Waals surface area contributed by atoms with Gasteiger partial charge >= 0.3 is 5.95 Å². The SMILES string of the molecule is CCCCCCCCCOCOC(OCCC)=C(CCCCC)OCCC. The maximum Gasteiger partial charge on any atom is 0.321 e. The van der Waals surface area contributed by atoms with Gasteiger partial charge in [0.2, 0.25) is 0 Å². The lowest BCUT2D eigenvalue weighted by molar-refractivity contribution is -0.0840. The van der Waals surface area contributed by atoms with E-state index in [-0.39, 0.29) is 6.79 Å². The predicted molar refractivity (Wildman–Crippen MR) is 114 cm³/mol. The molecule has 0 aromatic carbocycles. The van der Waals surface area contributed by atoms with Crippen molar-refractivity contribution in [3.63, 3.8) is 0 Å². The molecule has 0 aliphatic rings. The van der Waals surface area contributed by atoms with Gasteiger partial charge in [-0.1, -0.05) is 79.1 Å². The molecule has 0 heterocycles. The molecule has 0 fully saturated rings. The number of unbranched alkanes of at least 4 members (excludes halogenated alkanes) is 8. The van der Waals surface area contributed by atoms with Gasteiger partial charge in [-0.25, -0.2) is 0 Å². The van der Waals surface area contributed by atoms with E-state index in [4.69, 9.17) is 18.9 Å². The first-order valence-electron chi connectivity index (χ1n) is 11.5. The van der Waals surface area contributed by atoms with Crippen LogP contribution in [0.15, 0.2) is 11.7 Å². The van der Waals surface area contributed by atoms with E-state index < -0.39 is 0 Å². The van der Waals surface area contributed by atoms with E-state index >= 15 is 0 Å². The van der Waals surface area contributed by atoms with Crippen molar-refractivity contribution >= 4 is 0 Å². The Morgan fingerprint density at radius 3 is 1.78 bits per heavy atom. The van der Waals surface area contributed by atoms with E-state index in [0.717, 1.165) is 44.5 Å². The average molecular weight is 387 g/mol. The molecule has 0 amide bonds. The summed E-state index contributed by atoms with van der Waals surface area (Å²) in [5, 5.41) is 0. The van der Waals surface area contributed by atoms with Crippen LogP contribution in [-0.4, -0.2) is 26.6 Å². The molecule has 4 heteroatoms. The smallest absolute Gasteiger partial charge is 0.321 e. The summed E-state index contributed by atoms with van der Waals surface area (Å²) in [5.41, 5.74) is 0. The van der Waals surface area contributed by atoms with Crippen molar-refractivity contribution < 1.29 is 18.9 Å². The molecule has 0 unspecified atom stereocenters. The van der Waals surface area contributed by atoms with Crippen molar-refractivity contribution in [3.05, 3.63) is 11.7 Å². The average Bonchev–Trinajstić information content (AvgIpc) is 2.68. The van der Waals surface area contributed by atoms with Crippen molar-refractivity contribution in [3.8, 4) is 0 Å². The number of ether oxygens (including phenoxy) is 4. The molecular weight excluding hydrogens is 340 g/mol. The van der Waals surface area contributed by atoms with Crippen molar-refractivity contribution in [1.29, 1.82) is 0 Å². The second kappa shape index (κ2) is 21.4. The van der Waals surface area contributed by atoms with Crippen LogP contribution in [0.2, 0.25) is 0 Å². The zero-order chi connectivity index (χ0) is 20.0. The second-order valence-corrected chi connectivity index (χ2v) is 7.16. The van der Waals surface area contributed by atoms with Crippen LogP contribution in [0, 0.1) is 0 Å². The normalized spacial score (nSPS) is 12.0. The molecule has 0 atom stereocenters. The number of hydrogen-bond acceptors (Lipinski definition) is 4. The Bertz CT molecular complexity index is 328. The summed E-state index contributed by atoms with van der Waals surface area (Å²) in [5.74, 6) is 1.37. The van der Waals surface area contributed by atoms with E-state index in [1.165, 1.54) is 51.4 Å². The third-order valence-corrected chi connectivity index (χ3v) is 4.32. The number of rotatable bonds is 21. The Labute approximate surface area is 169 Å². The topological polar surface area (TPSA) is 36.9 Å². The van der Waals surface area contributed by atoms with E-state index in [0.29, 0.717) is 19.2 Å². The highest BCUT2D eigenvalue weighted by atomic mass is 16.7. The van der Waals surface area contributed by atoms with Gasteiger partial charge in [-0.15, -0.1) is 0 Å². The van der Waals surface area contributed by atoms with Gasteiger partial charge in [0, 0.05) is 6.42 Å². The Morgan fingerprint density at radius 1 is 0.519 bits per heavy atom. The van der Waals surface area contributed by atoms with Gasteiger partial charge in [-0.3, -0.25) is 0 Å². The zero-order valence-corrected chi connectivity index (χ0v) is 18.7. The monoisotopic (exact) mass is 386 g/mol. The van der Waals surface area contributed by atoms with Gasteiger partial charge in [-0.05, 0) is 25.7 Å². The van der Waals surface area contributed by atoms with Gasteiger partial charge in [0.05, 0.1) is 19.8 Å². The maximum absolute atomic E-state index is 5.91. The molecular formula is C23H46O4. The van der Waals surface area contributed by atoms with Crippen LogP contribution >= 0.6 is 0 Å². The molecule has 0 saturated carbocycles. The largest absolute Gasteiger partial charge is 0.491 e. The van der Waals surface area contributed by atoms with Gasteiger partial charge in [0.1, 0.15) is 0 Å². The summed E-state index contributed by atoms with van der Waals surface area (Å²) < 4.78 is 23.2. The van der Waals surface area contributed by atoms with Crippen LogP contribution in [0.1, 0.15) is 111 Å². The Kier molecular flexibility index (Phi) is 20.7. The molecule has 0 rings (SSSR count). The molecule has 162 valence electrons. The van der Waals surface area contributed by atoms with Gasteiger partial charge < -0.3 is 18.9 Å². The fraction of sp³-hybridized carbons (Fsp3) is 0.913. The first-order valence-corrected chi connectivity index (χ1v) is 11.5. The summed E-state index contributed by atoms with van der Waals surface area (Å²) in [6, 6.07) is 0. The van der Waals surface area contributed by atoms with Crippen LogP contribution in [0.3, 0.4) is 0 Å². The highest BCUT2D eigenvalue weighted by Gasteiger charge is 2.12. The van der Waals surface area contributed by atoms with Gasteiger partial charge in [0.15, 0.2) is 12.6 Å². The molecule has 0 aromatic rings. The lowest BCUT2D eigenvalue weighted by Gasteiger charge is -2.17. The molecule has 0 aliphatic heterocycles. The van der Waals surface area contributed by atoms with Crippen LogP contribution in [0.5, 0.6) is 0 Å². The van der Waals surface area contributed by atoms with Gasteiger partial charge in [-0.2, -0.15) is 0 Å². The quantitative estimate of drug-likeness (QED) is 0.117. The Balaban J connectivity index is 4.22. The zero-order valence-electron chi connectivity index (χ0n) is 18.7. The summed E-state index contributed by atoms with van der Waals surface area (Å²) in [7, 11) is 0. The minimum Gasteiger partial charge on any atom is -0.491 e. The van der Waals surface area contributed by atoms with Crippen molar-refractivity contribution in [2.24, 2.45) is 0 Å². The molecule has 0 aromatic heterocycles. The summed E-state index contributed by atoms with van der Waals surface area (Å²) >= 11 is 0. The van der Waals surface area contributed by atoms with Crippen molar-refractivity contribution in [2.45, 2.75) is 111 Å². The van der Waals surface area contributed by atoms with Crippen LogP contribution in [-0.2, 0) is 18.9 Å². The van der Waals surface area contributed by atoms with E-state index in [1.54, 1.807) is 0 Å². The highest BCUT2D eigenvalue weighted by Crippen LogP contribution is 2.18. The van der Waals surface area contributed by atoms with Crippen LogP contribution < -0.4 is 0 Å². The molecule has 0 aliphatic carbocycles. The lowest BCUT2D eigenvalue weighted by Crippen LogP contribution is -2.10. The summed E-state index contributed by atoms with van der Waals surface area (Å²) in [4.78, 5) is 0. The lowest BCUT2D eigenvalue weighted by atomic mass is 10.1. The van der Waals surface area contributed by atoms with E-state index in [9.17, 15) is 0 Å². The summed E-state index contributed by atoms with van der Waals surface area (Å²) in [6.07, 6.45) is 15.3. The third kappa shape index (κ3) is 17.0. The van der Waals surface area contributed by atoms with E-state index in [2.05, 4.69) is 27.7 Å². The number of allylic oxidation sites excluding steroid dienone is 1. The van der Waals surface area contributed by atoms with Crippen molar-refractivity contribution in [1.82, 2.24) is 0 Å². The minimum atomic E-state index is 0.238. The van der Waals surface area contributed by atoms with Crippen LogP contribution in [0.25, 0.3) is 0 Å². The second-order valence-electron chi connectivity index (χ2n) is 7.16. The molecule has 27 heavy (non-hydrogen) atoms. The molecule has 4 nitrogen and oxygen atoms in total. The summed E-state index contributed by atoms with van der Waals surface area (Å²) in [6.45, 7) is 11.0. The highest BCUT2D eigenvalue weighted by molar-refractivity contribution is 4.95. The minimum absolute atomic E-state index is 0.238. The first kappa shape index (κ1) is 26.1. The predicted octanol–water partition coefficient (Wildman–Crippen LogP) is 7.33. The number of hydrogen-bond donors (Lipinski definition) is 0. The Morgan fingerprint density at radius 2 is 1.11 bits per heavy atom. The molecule has 0 spiro atoms. The maximum atomic E-state index is 5.91. The standard InChI is InChI=1S/C23H46O4/c1-5-9-11-12-13-14-16-20-24-21-27-23(26-19-8-4)22(25-18-7-3)17-15-10-6-2/h5-21H2,1-4H3. The van der Waals surface area contributed by atoms with Crippen LogP contribution in [0.4, 0.5) is 0 Å². The first-order chi connectivity index (χ1) is 13.3. The van der Waals surface area contributed by atoms with Crippen molar-refractivity contribution in [2.75, 3.05) is 26.6 Å². The molecule has 0 radical (unpaired) electrons. The molecule has 0 saturated heterocycles. The fourth-order valence-electron chi connectivity index (χ4n) is 2.71. The van der Waals surface area contributed by atoms with E-state index in [1.807, 2.05) is 0 Å². The van der Waals surface area contributed by atoms with Gasteiger partial charge in [0.25, 0.3) is 0 Å². The molecule has 0 bridgehead atoms. The fourth-order valence-corrected chi connectivity index (χ4v) is 2.71.